The largest absolute Gasteiger partial charge is 0.336 e. The molecule has 3 aromatic rings. The van der Waals surface area contributed by atoms with Gasteiger partial charge in [0.05, 0.1) is 22.9 Å². The molecule has 4 rings (SSSR count). The summed E-state index contributed by atoms with van der Waals surface area (Å²) in [6.07, 6.45) is 4.44. The van der Waals surface area contributed by atoms with Gasteiger partial charge in [0, 0.05) is 30.4 Å². The number of pyridine rings is 1. The van der Waals surface area contributed by atoms with E-state index in [4.69, 9.17) is 5.10 Å². The highest BCUT2D eigenvalue weighted by Gasteiger charge is 2.21. The van der Waals surface area contributed by atoms with Crippen molar-refractivity contribution in [1.29, 1.82) is 0 Å². The van der Waals surface area contributed by atoms with E-state index >= 15 is 0 Å². The van der Waals surface area contributed by atoms with Crippen molar-refractivity contribution in [2.45, 2.75) is 24.4 Å². The molecular weight excluding hydrogens is 352 g/mol. The second kappa shape index (κ2) is 7.41. The number of thiophene rings is 1. The van der Waals surface area contributed by atoms with E-state index in [2.05, 4.69) is 27.2 Å². The zero-order valence-electron chi connectivity index (χ0n) is 13.7. The van der Waals surface area contributed by atoms with E-state index in [1.807, 2.05) is 23.1 Å². The highest BCUT2D eigenvalue weighted by molar-refractivity contribution is 8.00. The van der Waals surface area contributed by atoms with Gasteiger partial charge in [-0.05, 0) is 36.1 Å². The van der Waals surface area contributed by atoms with Crippen LogP contribution in [0.4, 0.5) is 0 Å². The summed E-state index contributed by atoms with van der Waals surface area (Å²) in [5.74, 6) is 0.629. The minimum Gasteiger partial charge on any atom is -0.336 e. The van der Waals surface area contributed by atoms with Crippen LogP contribution in [0.1, 0.15) is 12.1 Å². The van der Waals surface area contributed by atoms with Crippen LogP contribution < -0.4 is 0 Å². The van der Waals surface area contributed by atoms with Crippen LogP contribution in [-0.2, 0) is 17.9 Å². The van der Waals surface area contributed by atoms with Crippen LogP contribution in [0.5, 0.6) is 0 Å². The van der Waals surface area contributed by atoms with E-state index in [1.165, 1.54) is 4.88 Å². The molecule has 5 nitrogen and oxygen atoms in total. The van der Waals surface area contributed by atoms with Gasteiger partial charge in [-0.15, -0.1) is 23.1 Å². The van der Waals surface area contributed by atoms with Crippen molar-refractivity contribution in [3.05, 3.63) is 53.8 Å². The standard InChI is InChI=1S/C18H18N4OS2/c23-18(13-25-15-4-6-19-7-5-15)21-8-2-9-22-14(12-21)11-16(20-22)17-3-1-10-24-17/h1,3-7,10-11H,2,8-9,12-13H2. The van der Waals surface area contributed by atoms with E-state index in [0.29, 0.717) is 12.3 Å². The Morgan fingerprint density at radius 2 is 2.12 bits per heavy atom. The molecule has 1 amide bonds. The van der Waals surface area contributed by atoms with Crippen LogP contribution in [0.3, 0.4) is 0 Å². The van der Waals surface area contributed by atoms with E-state index in [-0.39, 0.29) is 5.91 Å². The van der Waals surface area contributed by atoms with Crippen LogP contribution in [0.2, 0.25) is 0 Å². The first-order chi connectivity index (χ1) is 12.3. The van der Waals surface area contributed by atoms with Crippen molar-refractivity contribution in [1.82, 2.24) is 19.7 Å². The van der Waals surface area contributed by atoms with Crippen molar-refractivity contribution in [3.63, 3.8) is 0 Å². The van der Waals surface area contributed by atoms with Gasteiger partial charge in [0.1, 0.15) is 5.69 Å². The third-order valence-corrected chi connectivity index (χ3v) is 6.04. The zero-order valence-corrected chi connectivity index (χ0v) is 15.3. The number of aryl methyl sites for hydroxylation is 1. The van der Waals surface area contributed by atoms with Gasteiger partial charge in [-0.3, -0.25) is 14.5 Å². The monoisotopic (exact) mass is 370 g/mol. The molecule has 25 heavy (non-hydrogen) atoms. The number of rotatable bonds is 4. The number of carbonyl (C=O) groups is 1. The van der Waals surface area contributed by atoms with Gasteiger partial charge in [0.2, 0.25) is 5.91 Å². The predicted octanol–water partition coefficient (Wildman–Crippen LogP) is 3.53. The second-order valence-electron chi connectivity index (χ2n) is 5.86. The molecule has 0 N–H and O–H groups in total. The molecule has 1 aliphatic heterocycles. The summed E-state index contributed by atoms with van der Waals surface area (Å²) in [5, 5.41) is 6.78. The van der Waals surface area contributed by atoms with E-state index < -0.39 is 0 Å². The van der Waals surface area contributed by atoms with Crippen molar-refractivity contribution >= 4 is 29.0 Å². The molecule has 128 valence electrons. The number of nitrogens with zero attached hydrogens (tertiary/aromatic N) is 4. The summed E-state index contributed by atoms with van der Waals surface area (Å²) in [6.45, 7) is 2.28. The Balaban J connectivity index is 1.44. The van der Waals surface area contributed by atoms with Gasteiger partial charge in [0.25, 0.3) is 0 Å². The molecule has 0 aromatic carbocycles. The smallest absolute Gasteiger partial charge is 0.233 e. The molecule has 0 aliphatic carbocycles. The van der Waals surface area contributed by atoms with Gasteiger partial charge in [-0.1, -0.05) is 6.07 Å². The number of hydrogen-bond acceptors (Lipinski definition) is 5. The maximum atomic E-state index is 12.6. The highest BCUT2D eigenvalue weighted by atomic mass is 32.2. The number of amides is 1. The summed E-state index contributed by atoms with van der Waals surface area (Å²) in [5.41, 5.74) is 2.12. The Kier molecular flexibility index (Phi) is 4.85. The molecule has 0 fully saturated rings. The Hall–Kier alpha value is -2.12. The summed E-state index contributed by atoms with van der Waals surface area (Å²) in [6, 6.07) is 10.1. The molecule has 3 aromatic heterocycles. The van der Waals surface area contributed by atoms with Gasteiger partial charge in [-0.2, -0.15) is 5.10 Å². The first-order valence-electron chi connectivity index (χ1n) is 8.21. The Morgan fingerprint density at radius 1 is 1.24 bits per heavy atom. The zero-order chi connectivity index (χ0) is 17.1. The van der Waals surface area contributed by atoms with Crippen molar-refractivity contribution in [2.24, 2.45) is 0 Å². The highest BCUT2D eigenvalue weighted by Crippen LogP contribution is 2.26. The average Bonchev–Trinajstić information content (AvgIpc) is 3.26. The molecule has 0 atom stereocenters. The third kappa shape index (κ3) is 3.77. The van der Waals surface area contributed by atoms with Crippen LogP contribution in [0.15, 0.2) is 53.0 Å². The number of fused-ring (bicyclic) bond motifs is 1. The summed E-state index contributed by atoms with van der Waals surface area (Å²) in [7, 11) is 0. The fourth-order valence-electron chi connectivity index (χ4n) is 2.89. The second-order valence-corrected chi connectivity index (χ2v) is 7.86. The molecule has 0 saturated heterocycles. The summed E-state index contributed by atoms with van der Waals surface area (Å²) in [4.78, 5) is 20.8. The van der Waals surface area contributed by atoms with Crippen LogP contribution in [0, 0.1) is 0 Å². The van der Waals surface area contributed by atoms with E-state index in [0.717, 1.165) is 35.8 Å². The fourth-order valence-corrected chi connectivity index (χ4v) is 4.36. The third-order valence-electron chi connectivity index (χ3n) is 4.15. The minimum atomic E-state index is 0.175. The molecule has 0 unspecified atom stereocenters. The first kappa shape index (κ1) is 16.4. The fraction of sp³-hybridized carbons (Fsp3) is 0.278. The number of aromatic nitrogens is 3. The van der Waals surface area contributed by atoms with Gasteiger partial charge < -0.3 is 4.90 Å². The maximum absolute atomic E-state index is 12.6. The quantitative estimate of drug-likeness (QED) is 0.659. The van der Waals surface area contributed by atoms with Crippen molar-refractivity contribution < 1.29 is 4.79 Å². The van der Waals surface area contributed by atoms with Crippen molar-refractivity contribution in [2.75, 3.05) is 12.3 Å². The predicted molar refractivity (Wildman–Crippen MR) is 101 cm³/mol. The normalized spacial score (nSPS) is 14.2. The Morgan fingerprint density at radius 3 is 2.92 bits per heavy atom. The molecule has 7 heteroatoms. The average molecular weight is 371 g/mol. The summed E-state index contributed by atoms with van der Waals surface area (Å²) < 4.78 is 2.05. The lowest BCUT2D eigenvalue weighted by atomic mass is 10.3. The van der Waals surface area contributed by atoms with E-state index in [9.17, 15) is 4.79 Å². The van der Waals surface area contributed by atoms with Crippen LogP contribution in [-0.4, -0.2) is 37.9 Å². The van der Waals surface area contributed by atoms with Crippen molar-refractivity contribution in [3.8, 4) is 10.6 Å². The lowest BCUT2D eigenvalue weighted by Crippen LogP contribution is -2.32. The summed E-state index contributed by atoms with van der Waals surface area (Å²) >= 11 is 3.25. The molecule has 0 spiro atoms. The van der Waals surface area contributed by atoms with Gasteiger partial charge in [-0.25, -0.2) is 0 Å². The number of carbonyl (C=O) groups excluding carboxylic acids is 1. The molecule has 0 bridgehead atoms. The maximum Gasteiger partial charge on any atom is 0.233 e. The Bertz CT molecular complexity index is 845. The SMILES string of the molecule is O=C(CSc1ccncc1)N1CCCn2nc(-c3cccs3)cc2C1. The lowest BCUT2D eigenvalue weighted by molar-refractivity contribution is -0.128. The first-order valence-corrected chi connectivity index (χ1v) is 10.1. The molecular formula is C18H18N4OS2. The number of thioether (sulfide) groups is 1. The molecule has 1 aliphatic rings. The van der Waals surface area contributed by atoms with E-state index in [1.54, 1.807) is 35.5 Å². The minimum absolute atomic E-state index is 0.175. The lowest BCUT2D eigenvalue weighted by Gasteiger charge is -2.19. The number of hydrogen-bond donors (Lipinski definition) is 0. The molecule has 4 heterocycles. The topological polar surface area (TPSA) is 51.0 Å². The molecule has 0 saturated carbocycles. The molecule has 0 radical (unpaired) electrons. The van der Waals surface area contributed by atoms with Crippen LogP contribution in [0.25, 0.3) is 10.6 Å². The van der Waals surface area contributed by atoms with Crippen LogP contribution >= 0.6 is 23.1 Å². The van der Waals surface area contributed by atoms with Gasteiger partial charge in [0.15, 0.2) is 0 Å². The van der Waals surface area contributed by atoms with Gasteiger partial charge >= 0.3 is 0 Å². The Labute approximate surface area is 154 Å².